The van der Waals surface area contributed by atoms with E-state index in [1.165, 1.54) is 23.5 Å². The molecule has 1 amide bonds. The van der Waals surface area contributed by atoms with E-state index in [-0.39, 0.29) is 11.7 Å². The molecule has 3 aromatic carbocycles. The number of fused-ring (bicyclic) bond motifs is 1. The van der Waals surface area contributed by atoms with Crippen molar-refractivity contribution in [3.63, 3.8) is 0 Å². The van der Waals surface area contributed by atoms with Crippen molar-refractivity contribution in [1.29, 1.82) is 0 Å². The number of amides is 1. The lowest BCUT2D eigenvalue weighted by atomic mass is 10.1. The summed E-state index contributed by atoms with van der Waals surface area (Å²) >= 11 is 1.41. The Morgan fingerprint density at radius 3 is 2.32 bits per heavy atom. The normalized spacial score (nSPS) is 11.0. The van der Waals surface area contributed by atoms with Crippen LogP contribution in [-0.4, -0.2) is 15.3 Å². The standard InChI is InChI=1S/C25H18FN3OS/c26-20-13-11-19(12-14-20)22-16-29-23(17-31-25(29)27-22)24(30)28(21-9-5-2-6-10-21)15-18-7-3-1-4-8-18/h1-14,16-17H,15H2. The van der Waals surface area contributed by atoms with Gasteiger partial charge in [-0.1, -0.05) is 48.5 Å². The monoisotopic (exact) mass is 427 g/mol. The summed E-state index contributed by atoms with van der Waals surface area (Å²) in [5.41, 5.74) is 3.93. The highest BCUT2D eigenvalue weighted by atomic mass is 32.1. The molecule has 0 aliphatic heterocycles. The Bertz CT molecular complexity index is 1330. The van der Waals surface area contributed by atoms with Crippen LogP contribution in [0.25, 0.3) is 16.2 Å². The van der Waals surface area contributed by atoms with Gasteiger partial charge in [0.2, 0.25) is 0 Å². The minimum Gasteiger partial charge on any atom is -0.303 e. The van der Waals surface area contributed by atoms with Gasteiger partial charge in [-0.2, -0.15) is 0 Å². The second-order valence-electron chi connectivity index (χ2n) is 7.12. The molecule has 5 aromatic rings. The van der Waals surface area contributed by atoms with Gasteiger partial charge in [-0.05, 0) is 42.0 Å². The smallest absolute Gasteiger partial charge is 0.276 e. The van der Waals surface area contributed by atoms with Crippen molar-refractivity contribution < 1.29 is 9.18 Å². The number of anilines is 1. The number of rotatable bonds is 5. The van der Waals surface area contributed by atoms with Crippen molar-refractivity contribution in [2.24, 2.45) is 0 Å². The largest absolute Gasteiger partial charge is 0.303 e. The summed E-state index contributed by atoms with van der Waals surface area (Å²) in [5.74, 6) is -0.399. The molecule has 0 aliphatic carbocycles. The first-order chi connectivity index (χ1) is 15.2. The number of hydrogen-bond acceptors (Lipinski definition) is 3. The van der Waals surface area contributed by atoms with Crippen molar-refractivity contribution in [2.75, 3.05) is 4.90 Å². The topological polar surface area (TPSA) is 37.6 Å². The maximum absolute atomic E-state index is 13.6. The lowest BCUT2D eigenvalue weighted by molar-refractivity contribution is 0.0979. The van der Waals surface area contributed by atoms with Crippen molar-refractivity contribution >= 4 is 27.9 Å². The average molecular weight is 428 g/mol. The molecule has 5 rings (SSSR count). The maximum Gasteiger partial charge on any atom is 0.276 e. The zero-order valence-electron chi connectivity index (χ0n) is 16.5. The number of para-hydroxylation sites is 1. The van der Waals surface area contributed by atoms with E-state index in [1.54, 1.807) is 17.0 Å². The molecule has 0 saturated carbocycles. The van der Waals surface area contributed by atoms with Crippen LogP contribution < -0.4 is 4.90 Å². The fourth-order valence-corrected chi connectivity index (χ4v) is 4.34. The summed E-state index contributed by atoms with van der Waals surface area (Å²) in [6, 6.07) is 25.8. The fourth-order valence-electron chi connectivity index (χ4n) is 3.49. The van der Waals surface area contributed by atoms with E-state index < -0.39 is 0 Å². The summed E-state index contributed by atoms with van der Waals surface area (Å²) in [6.45, 7) is 0.459. The lowest BCUT2D eigenvalue weighted by Crippen LogP contribution is -2.31. The molecule has 0 aliphatic rings. The average Bonchev–Trinajstić information content (AvgIpc) is 3.40. The van der Waals surface area contributed by atoms with Crippen LogP contribution in [0.4, 0.5) is 10.1 Å². The first-order valence-corrected chi connectivity index (χ1v) is 10.7. The first-order valence-electron chi connectivity index (χ1n) is 9.82. The number of thiazole rings is 1. The van der Waals surface area contributed by atoms with Crippen LogP contribution in [0.15, 0.2) is 96.5 Å². The van der Waals surface area contributed by atoms with Gasteiger partial charge in [-0.25, -0.2) is 9.37 Å². The third-order valence-electron chi connectivity index (χ3n) is 5.06. The highest BCUT2D eigenvalue weighted by Gasteiger charge is 2.22. The van der Waals surface area contributed by atoms with Crippen molar-refractivity contribution in [3.8, 4) is 11.3 Å². The summed E-state index contributed by atoms with van der Waals surface area (Å²) < 4.78 is 15.1. The van der Waals surface area contributed by atoms with Gasteiger partial charge in [0.25, 0.3) is 5.91 Å². The first kappa shape index (κ1) is 19.2. The molecule has 0 radical (unpaired) electrons. The Hall–Kier alpha value is -3.77. The molecule has 0 bridgehead atoms. The zero-order valence-corrected chi connectivity index (χ0v) is 17.3. The van der Waals surface area contributed by atoms with E-state index in [0.29, 0.717) is 17.9 Å². The Morgan fingerprint density at radius 1 is 0.935 bits per heavy atom. The predicted molar refractivity (Wildman–Crippen MR) is 122 cm³/mol. The molecule has 4 nitrogen and oxygen atoms in total. The molecule has 0 N–H and O–H groups in total. The Balaban J connectivity index is 1.53. The summed E-state index contributed by atoms with van der Waals surface area (Å²) in [4.78, 5) is 20.8. The van der Waals surface area contributed by atoms with Crippen LogP contribution in [0.5, 0.6) is 0 Å². The molecule has 0 saturated heterocycles. The SMILES string of the molecule is O=C(c1csc2nc(-c3ccc(F)cc3)cn12)N(Cc1ccccc1)c1ccccc1. The Labute approximate surface area is 182 Å². The second-order valence-corrected chi connectivity index (χ2v) is 7.96. The van der Waals surface area contributed by atoms with Gasteiger partial charge in [0.05, 0.1) is 12.2 Å². The molecule has 0 unspecified atom stereocenters. The number of halogens is 1. The number of carbonyl (C=O) groups is 1. The highest BCUT2D eigenvalue weighted by Crippen LogP contribution is 2.26. The van der Waals surface area contributed by atoms with Crippen LogP contribution >= 0.6 is 11.3 Å². The Kier molecular flexibility index (Phi) is 5.06. The highest BCUT2D eigenvalue weighted by molar-refractivity contribution is 7.15. The molecular formula is C25H18FN3OS. The van der Waals surface area contributed by atoms with Gasteiger partial charge in [0.15, 0.2) is 4.96 Å². The third kappa shape index (κ3) is 3.85. The van der Waals surface area contributed by atoms with Gasteiger partial charge in [0.1, 0.15) is 11.5 Å². The van der Waals surface area contributed by atoms with Crippen LogP contribution in [0.3, 0.4) is 0 Å². The predicted octanol–water partition coefficient (Wildman–Crippen LogP) is 6.05. The molecule has 0 fully saturated rings. The minimum absolute atomic E-state index is 0.107. The van der Waals surface area contributed by atoms with Gasteiger partial charge in [-0.15, -0.1) is 11.3 Å². The molecule has 2 aromatic heterocycles. The van der Waals surface area contributed by atoms with E-state index in [1.807, 2.05) is 76.6 Å². The zero-order chi connectivity index (χ0) is 21.2. The third-order valence-corrected chi connectivity index (χ3v) is 5.90. The van der Waals surface area contributed by atoms with Gasteiger partial charge < -0.3 is 4.90 Å². The molecule has 2 heterocycles. The minimum atomic E-state index is -0.292. The van der Waals surface area contributed by atoms with Gasteiger partial charge in [-0.3, -0.25) is 9.20 Å². The van der Waals surface area contributed by atoms with Gasteiger partial charge in [0, 0.05) is 22.8 Å². The van der Waals surface area contributed by atoms with Crippen LogP contribution in [0, 0.1) is 5.82 Å². The van der Waals surface area contributed by atoms with E-state index in [2.05, 4.69) is 4.98 Å². The number of nitrogens with zero attached hydrogens (tertiary/aromatic N) is 3. The molecule has 6 heteroatoms. The fraction of sp³-hybridized carbons (Fsp3) is 0.0400. The molecule has 31 heavy (non-hydrogen) atoms. The number of imidazole rings is 1. The number of hydrogen-bond donors (Lipinski definition) is 0. The summed E-state index contributed by atoms with van der Waals surface area (Å²) in [6.07, 6.45) is 1.83. The van der Waals surface area contributed by atoms with Crippen molar-refractivity contribution in [2.45, 2.75) is 6.54 Å². The summed E-state index contributed by atoms with van der Waals surface area (Å²) in [7, 11) is 0. The van der Waals surface area contributed by atoms with Crippen LogP contribution in [0.1, 0.15) is 16.1 Å². The van der Waals surface area contributed by atoms with E-state index >= 15 is 0 Å². The van der Waals surface area contributed by atoms with Crippen molar-refractivity contribution in [1.82, 2.24) is 9.38 Å². The quantitative estimate of drug-likeness (QED) is 0.342. The number of aromatic nitrogens is 2. The summed E-state index contributed by atoms with van der Waals surface area (Å²) in [5, 5.41) is 1.83. The molecular weight excluding hydrogens is 409 g/mol. The lowest BCUT2D eigenvalue weighted by Gasteiger charge is -2.22. The molecule has 152 valence electrons. The maximum atomic E-state index is 13.6. The van der Waals surface area contributed by atoms with Crippen LogP contribution in [0.2, 0.25) is 0 Å². The van der Waals surface area contributed by atoms with E-state index in [9.17, 15) is 9.18 Å². The van der Waals surface area contributed by atoms with Gasteiger partial charge >= 0.3 is 0 Å². The molecule has 0 atom stereocenters. The van der Waals surface area contributed by atoms with Crippen LogP contribution in [-0.2, 0) is 6.54 Å². The second kappa shape index (κ2) is 8.16. The van der Waals surface area contributed by atoms with Crippen molar-refractivity contribution in [3.05, 3.63) is 114 Å². The van der Waals surface area contributed by atoms with E-state index in [0.717, 1.165) is 21.8 Å². The Morgan fingerprint density at radius 2 is 1.61 bits per heavy atom. The number of benzene rings is 3. The van der Waals surface area contributed by atoms with E-state index in [4.69, 9.17) is 0 Å². The number of carbonyl (C=O) groups excluding carboxylic acids is 1. The molecule has 0 spiro atoms.